The predicted octanol–water partition coefficient (Wildman–Crippen LogP) is 8.48. The number of benzene rings is 2. The molecule has 39 heavy (non-hydrogen) atoms. The standard InChI is InChI=1S/C30H27F6N2S/c1-6-38-25(18(3)37(5)27(38)21-15-11-8-12-16-21)24-23(28(31,32)30(35,36)29(24,33)34)22-17(2)26(39-19(22)4)20-13-9-7-10-14-20/h7-16H,6H2,1-5H3/q+1. The van der Waals surface area contributed by atoms with Crippen LogP contribution in [0, 0.1) is 20.8 Å². The molecule has 0 aliphatic heterocycles. The minimum Gasteiger partial charge on any atom is -0.229 e. The van der Waals surface area contributed by atoms with E-state index in [4.69, 9.17) is 0 Å². The van der Waals surface area contributed by atoms with E-state index in [1.165, 1.54) is 25.3 Å². The Labute approximate surface area is 226 Å². The van der Waals surface area contributed by atoms with Gasteiger partial charge in [0.15, 0.2) is 5.69 Å². The van der Waals surface area contributed by atoms with Gasteiger partial charge < -0.3 is 0 Å². The zero-order valence-electron chi connectivity index (χ0n) is 22.1. The molecule has 204 valence electrons. The summed E-state index contributed by atoms with van der Waals surface area (Å²) in [7, 11) is 1.62. The van der Waals surface area contributed by atoms with Gasteiger partial charge in [0.1, 0.15) is 5.69 Å². The molecule has 0 fully saturated rings. The number of aromatic nitrogens is 2. The monoisotopic (exact) mass is 561 g/mol. The van der Waals surface area contributed by atoms with E-state index in [2.05, 4.69) is 0 Å². The normalized spacial score (nSPS) is 17.7. The Balaban J connectivity index is 1.92. The Morgan fingerprint density at radius 3 is 1.82 bits per heavy atom. The number of allylic oxidation sites excluding steroid dienone is 2. The average molecular weight is 562 g/mol. The number of nitrogens with zero attached hydrogens (tertiary/aromatic N) is 2. The van der Waals surface area contributed by atoms with Gasteiger partial charge in [-0.15, -0.1) is 11.3 Å². The molecule has 1 aliphatic carbocycles. The van der Waals surface area contributed by atoms with Crippen LogP contribution in [0.2, 0.25) is 0 Å². The summed E-state index contributed by atoms with van der Waals surface area (Å²) in [5, 5.41) is 0. The van der Waals surface area contributed by atoms with Crippen LogP contribution in [-0.2, 0) is 13.6 Å². The lowest BCUT2D eigenvalue weighted by Crippen LogP contribution is -2.50. The summed E-state index contributed by atoms with van der Waals surface area (Å²) >= 11 is 1.13. The average Bonchev–Trinajstić information content (AvgIpc) is 3.37. The number of imidazole rings is 1. The Kier molecular flexibility index (Phi) is 6.37. The number of aryl methyl sites for hydroxylation is 1. The topological polar surface area (TPSA) is 8.81 Å². The first-order valence-electron chi connectivity index (χ1n) is 12.5. The van der Waals surface area contributed by atoms with Crippen LogP contribution in [0.3, 0.4) is 0 Å². The maximum absolute atomic E-state index is 15.8. The lowest BCUT2D eigenvalue weighted by Gasteiger charge is -2.25. The fourth-order valence-corrected chi connectivity index (χ4v) is 6.79. The summed E-state index contributed by atoms with van der Waals surface area (Å²) in [5.74, 6) is -15.4. The molecule has 0 saturated carbocycles. The van der Waals surface area contributed by atoms with E-state index in [1.54, 1.807) is 79.2 Å². The SMILES string of the molecule is CC[n+]1c(C2=C(c3c(C)sc(-c4ccccc4)c3C)C(F)(F)C(F)(F)C2(F)F)c(C)n(C)c1-c1ccccc1. The van der Waals surface area contributed by atoms with E-state index in [-0.39, 0.29) is 33.9 Å². The fourth-order valence-electron chi connectivity index (χ4n) is 5.62. The minimum absolute atomic E-state index is 0.0993. The second-order valence-corrected chi connectivity index (χ2v) is 11.0. The van der Waals surface area contributed by atoms with Gasteiger partial charge in [0.25, 0.3) is 5.82 Å². The van der Waals surface area contributed by atoms with Crippen molar-refractivity contribution in [3.05, 3.63) is 88.1 Å². The second kappa shape index (κ2) is 9.11. The van der Waals surface area contributed by atoms with Crippen LogP contribution < -0.4 is 4.57 Å². The van der Waals surface area contributed by atoms with Crippen molar-refractivity contribution in [2.75, 3.05) is 0 Å². The van der Waals surface area contributed by atoms with Crippen LogP contribution in [0.25, 0.3) is 33.0 Å². The molecular weight excluding hydrogens is 534 g/mol. The van der Waals surface area contributed by atoms with Gasteiger partial charge in [0, 0.05) is 27.8 Å². The second-order valence-electron chi connectivity index (χ2n) is 9.75. The van der Waals surface area contributed by atoms with Gasteiger partial charge in [0.2, 0.25) is 0 Å². The predicted molar refractivity (Wildman–Crippen MR) is 142 cm³/mol. The first-order valence-corrected chi connectivity index (χ1v) is 13.3. The Morgan fingerprint density at radius 2 is 1.28 bits per heavy atom. The molecule has 0 amide bonds. The van der Waals surface area contributed by atoms with Crippen LogP contribution in [0.15, 0.2) is 60.7 Å². The first kappa shape index (κ1) is 27.2. The molecule has 0 saturated heterocycles. The van der Waals surface area contributed by atoms with Crippen LogP contribution in [0.5, 0.6) is 0 Å². The van der Waals surface area contributed by atoms with Crippen molar-refractivity contribution >= 4 is 22.5 Å². The first-order chi connectivity index (χ1) is 18.3. The molecule has 2 heterocycles. The van der Waals surface area contributed by atoms with Crippen molar-refractivity contribution in [1.29, 1.82) is 0 Å². The van der Waals surface area contributed by atoms with E-state index in [0.717, 1.165) is 11.3 Å². The van der Waals surface area contributed by atoms with E-state index in [9.17, 15) is 0 Å². The van der Waals surface area contributed by atoms with Crippen LogP contribution in [-0.4, -0.2) is 22.3 Å². The third-order valence-electron chi connectivity index (χ3n) is 7.55. The highest BCUT2D eigenvalue weighted by Gasteiger charge is 2.81. The highest BCUT2D eigenvalue weighted by molar-refractivity contribution is 7.16. The molecule has 9 heteroatoms. The molecular formula is C30H27F6N2S+. The maximum Gasteiger partial charge on any atom is 0.380 e. The molecule has 1 aliphatic rings. The van der Waals surface area contributed by atoms with Crippen molar-refractivity contribution < 1.29 is 30.9 Å². The van der Waals surface area contributed by atoms with Gasteiger partial charge in [0.05, 0.1) is 24.7 Å². The fraction of sp³-hybridized carbons (Fsp3) is 0.300. The van der Waals surface area contributed by atoms with Crippen molar-refractivity contribution in [1.82, 2.24) is 4.57 Å². The molecule has 2 aromatic heterocycles. The summed E-state index contributed by atoms with van der Waals surface area (Å²) in [6, 6.07) is 17.7. The third kappa shape index (κ3) is 3.65. The Morgan fingerprint density at radius 1 is 0.769 bits per heavy atom. The number of hydrogen-bond donors (Lipinski definition) is 0. The molecule has 0 radical (unpaired) electrons. The van der Waals surface area contributed by atoms with E-state index in [0.29, 0.717) is 21.8 Å². The summed E-state index contributed by atoms with van der Waals surface area (Å²) in [6.45, 7) is 6.30. The molecule has 0 spiro atoms. The zero-order chi connectivity index (χ0) is 28.5. The van der Waals surface area contributed by atoms with Gasteiger partial charge in [-0.1, -0.05) is 48.5 Å². The third-order valence-corrected chi connectivity index (χ3v) is 8.81. The number of halogens is 6. The van der Waals surface area contributed by atoms with Gasteiger partial charge in [-0.05, 0) is 44.0 Å². The van der Waals surface area contributed by atoms with Gasteiger partial charge in [-0.2, -0.15) is 26.3 Å². The zero-order valence-corrected chi connectivity index (χ0v) is 22.9. The molecule has 0 unspecified atom stereocenters. The largest absolute Gasteiger partial charge is 0.380 e. The van der Waals surface area contributed by atoms with Gasteiger partial charge in [-0.25, -0.2) is 9.13 Å². The van der Waals surface area contributed by atoms with Crippen LogP contribution in [0.4, 0.5) is 26.3 Å². The lowest BCUT2D eigenvalue weighted by molar-refractivity contribution is -0.684. The van der Waals surface area contributed by atoms with E-state index >= 15 is 26.3 Å². The molecule has 4 aromatic rings. The highest BCUT2D eigenvalue weighted by atomic mass is 32.1. The Bertz CT molecular complexity index is 1600. The molecule has 0 atom stereocenters. The highest BCUT2D eigenvalue weighted by Crippen LogP contribution is 2.66. The molecule has 2 aromatic carbocycles. The number of hydrogen-bond acceptors (Lipinski definition) is 1. The van der Waals surface area contributed by atoms with Crippen molar-refractivity contribution in [3.8, 4) is 21.8 Å². The van der Waals surface area contributed by atoms with E-state index < -0.39 is 28.9 Å². The van der Waals surface area contributed by atoms with E-state index in [1.807, 2.05) is 0 Å². The van der Waals surface area contributed by atoms with Crippen molar-refractivity contribution in [2.24, 2.45) is 7.05 Å². The van der Waals surface area contributed by atoms with Crippen molar-refractivity contribution in [3.63, 3.8) is 0 Å². The molecule has 0 N–H and O–H groups in total. The lowest BCUT2D eigenvalue weighted by atomic mass is 9.93. The molecule has 0 bridgehead atoms. The minimum atomic E-state index is -5.63. The quantitative estimate of drug-likeness (QED) is 0.171. The summed E-state index contributed by atoms with van der Waals surface area (Å²) < 4.78 is 96.6. The molecule has 2 nitrogen and oxygen atoms in total. The van der Waals surface area contributed by atoms with Gasteiger partial charge >= 0.3 is 17.8 Å². The number of thiophene rings is 1. The maximum atomic E-state index is 15.8. The van der Waals surface area contributed by atoms with Crippen LogP contribution in [0.1, 0.15) is 34.3 Å². The van der Waals surface area contributed by atoms with Crippen LogP contribution >= 0.6 is 11.3 Å². The Hall–Kier alpha value is -3.33. The molecule has 5 rings (SSSR count). The number of rotatable bonds is 5. The number of alkyl halides is 6. The smallest absolute Gasteiger partial charge is 0.229 e. The van der Waals surface area contributed by atoms with Crippen molar-refractivity contribution in [2.45, 2.75) is 52.0 Å². The summed E-state index contributed by atoms with van der Waals surface area (Å²) in [5.41, 5.74) is -1.39. The summed E-state index contributed by atoms with van der Waals surface area (Å²) in [6.07, 6.45) is 0. The summed E-state index contributed by atoms with van der Waals surface area (Å²) in [4.78, 5) is 0.842. The van der Waals surface area contributed by atoms with Gasteiger partial charge in [-0.3, -0.25) is 0 Å².